The smallest absolute Gasteiger partial charge is 0.232 e. The van der Waals surface area contributed by atoms with Gasteiger partial charge in [0, 0.05) is 12.1 Å². The highest BCUT2D eigenvalue weighted by atomic mass is 16.5. The lowest BCUT2D eigenvalue weighted by molar-refractivity contribution is 0.101. The predicted octanol–water partition coefficient (Wildman–Crippen LogP) is 5.40. The fraction of sp³-hybridized carbons (Fsp3) is 0.174. The molecular weight excluding hydrogens is 340 g/mol. The molecule has 3 aromatic rings. The van der Waals surface area contributed by atoms with Gasteiger partial charge in [-0.2, -0.15) is 0 Å². The number of aryl methyl sites for hydroxylation is 3. The number of furan rings is 1. The molecular formula is C23H20O4. The lowest BCUT2D eigenvalue weighted by Crippen LogP contribution is -1.99. The van der Waals surface area contributed by atoms with Crippen LogP contribution in [-0.2, 0) is 6.61 Å². The first-order valence-corrected chi connectivity index (χ1v) is 8.83. The van der Waals surface area contributed by atoms with E-state index < -0.39 is 0 Å². The van der Waals surface area contributed by atoms with Crippen LogP contribution < -0.4 is 9.47 Å². The molecule has 1 aliphatic rings. The summed E-state index contributed by atoms with van der Waals surface area (Å²) in [7, 11) is 0. The third-order valence-corrected chi connectivity index (χ3v) is 4.57. The molecule has 0 atom stereocenters. The maximum absolute atomic E-state index is 12.5. The van der Waals surface area contributed by atoms with Crippen molar-refractivity contribution in [2.45, 2.75) is 27.4 Å². The maximum Gasteiger partial charge on any atom is 0.232 e. The minimum atomic E-state index is -0.153. The number of rotatable bonds is 4. The van der Waals surface area contributed by atoms with Gasteiger partial charge in [-0.3, -0.25) is 4.79 Å². The predicted molar refractivity (Wildman–Crippen MR) is 103 cm³/mol. The van der Waals surface area contributed by atoms with Gasteiger partial charge in [0.25, 0.3) is 0 Å². The number of carbonyl (C=O) groups is 1. The van der Waals surface area contributed by atoms with Crippen molar-refractivity contribution in [1.29, 1.82) is 0 Å². The first-order valence-electron chi connectivity index (χ1n) is 8.83. The highest BCUT2D eigenvalue weighted by Crippen LogP contribution is 2.35. The number of Topliss-reactive ketones (excluding diaryl/α,β-unsaturated/α-hetero) is 1. The molecule has 0 radical (unpaired) electrons. The van der Waals surface area contributed by atoms with Crippen molar-refractivity contribution in [1.82, 2.24) is 0 Å². The van der Waals surface area contributed by atoms with E-state index in [-0.39, 0.29) is 11.5 Å². The number of fused-ring (bicyclic) bond motifs is 1. The average molecular weight is 360 g/mol. The van der Waals surface area contributed by atoms with Gasteiger partial charge in [-0.1, -0.05) is 23.8 Å². The van der Waals surface area contributed by atoms with Crippen LogP contribution in [0.1, 0.15) is 38.6 Å². The van der Waals surface area contributed by atoms with Crippen molar-refractivity contribution in [3.63, 3.8) is 0 Å². The van der Waals surface area contributed by atoms with Gasteiger partial charge in [0.15, 0.2) is 5.76 Å². The van der Waals surface area contributed by atoms with Crippen molar-refractivity contribution in [2.75, 3.05) is 0 Å². The monoisotopic (exact) mass is 360 g/mol. The number of hydrogen-bond donors (Lipinski definition) is 0. The summed E-state index contributed by atoms with van der Waals surface area (Å²) in [5, 5.41) is 0. The van der Waals surface area contributed by atoms with E-state index in [0.717, 1.165) is 11.3 Å². The normalized spacial score (nSPS) is 14.3. The Morgan fingerprint density at radius 1 is 1.00 bits per heavy atom. The zero-order valence-corrected chi connectivity index (χ0v) is 15.5. The molecule has 27 heavy (non-hydrogen) atoms. The molecule has 4 nitrogen and oxygen atoms in total. The molecule has 0 spiro atoms. The van der Waals surface area contributed by atoms with E-state index in [1.165, 1.54) is 11.1 Å². The molecule has 0 fully saturated rings. The van der Waals surface area contributed by atoms with Crippen molar-refractivity contribution >= 4 is 11.9 Å². The Labute approximate surface area is 158 Å². The quantitative estimate of drug-likeness (QED) is 0.585. The van der Waals surface area contributed by atoms with Crippen LogP contribution in [0.25, 0.3) is 6.08 Å². The van der Waals surface area contributed by atoms with E-state index in [1.54, 1.807) is 30.3 Å². The van der Waals surface area contributed by atoms with Crippen molar-refractivity contribution in [3.8, 4) is 11.5 Å². The molecule has 0 saturated carbocycles. The molecule has 2 heterocycles. The Morgan fingerprint density at radius 3 is 2.63 bits per heavy atom. The Bertz CT molecular complexity index is 1060. The van der Waals surface area contributed by atoms with E-state index in [9.17, 15) is 4.79 Å². The Hall–Kier alpha value is -3.27. The number of ketones is 1. The van der Waals surface area contributed by atoms with E-state index in [2.05, 4.69) is 32.0 Å². The number of ether oxygens (including phenoxy) is 2. The molecule has 4 rings (SSSR count). The third-order valence-electron chi connectivity index (χ3n) is 4.57. The van der Waals surface area contributed by atoms with E-state index in [0.29, 0.717) is 29.4 Å². The summed E-state index contributed by atoms with van der Waals surface area (Å²) < 4.78 is 17.1. The topological polar surface area (TPSA) is 48.7 Å². The summed E-state index contributed by atoms with van der Waals surface area (Å²) in [4.78, 5) is 12.5. The molecule has 4 heteroatoms. The van der Waals surface area contributed by atoms with Gasteiger partial charge in [-0.25, -0.2) is 0 Å². The molecule has 1 aliphatic heterocycles. The van der Waals surface area contributed by atoms with Gasteiger partial charge in [0.2, 0.25) is 5.78 Å². The van der Waals surface area contributed by atoms with Crippen molar-refractivity contribution in [2.24, 2.45) is 0 Å². The third kappa shape index (κ3) is 3.51. The van der Waals surface area contributed by atoms with Gasteiger partial charge in [-0.15, -0.1) is 0 Å². The van der Waals surface area contributed by atoms with Crippen molar-refractivity contribution in [3.05, 3.63) is 88.1 Å². The van der Waals surface area contributed by atoms with Gasteiger partial charge in [0.1, 0.15) is 29.6 Å². The first kappa shape index (κ1) is 17.2. The van der Waals surface area contributed by atoms with Gasteiger partial charge >= 0.3 is 0 Å². The molecule has 0 N–H and O–H groups in total. The van der Waals surface area contributed by atoms with Gasteiger partial charge in [-0.05, 0) is 56.2 Å². The lowest BCUT2D eigenvalue weighted by Gasteiger charge is -2.10. The highest BCUT2D eigenvalue weighted by molar-refractivity contribution is 6.14. The Balaban J connectivity index is 1.52. The molecule has 0 bridgehead atoms. The maximum atomic E-state index is 12.5. The van der Waals surface area contributed by atoms with E-state index in [4.69, 9.17) is 13.9 Å². The molecule has 136 valence electrons. The van der Waals surface area contributed by atoms with Crippen molar-refractivity contribution < 1.29 is 18.7 Å². The SMILES string of the molecule is Cc1ccc(C)c(COc2ccc3c(c2)OC(=Cc2ccc(C)o2)C3=O)c1. The highest BCUT2D eigenvalue weighted by Gasteiger charge is 2.28. The van der Waals surface area contributed by atoms with E-state index >= 15 is 0 Å². The number of benzene rings is 2. The summed E-state index contributed by atoms with van der Waals surface area (Å²) in [5.41, 5.74) is 4.06. The lowest BCUT2D eigenvalue weighted by atomic mass is 10.1. The van der Waals surface area contributed by atoms with Gasteiger partial charge in [0.05, 0.1) is 5.56 Å². The van der Waals surface area contributed by atoms with Crippen LogP contribution in [0.2, 0.25) is 0 Å². The minimum Gasteiger partial charge on any atom is -0.489 e. The standard InChI is InChI=1S/C23H20O4/c1-14-4-5-15(2)17(10-14)13-25-18-8-9-20-21(11-18)27-22(23(20)24)12-19-7-6-16(3)26-19/h4-12H,13H2,1-3H3. The summed E-state index contributed by atoms with van der Waals surface area (Å²) in [6.07, 6.45) is 1.62. The summed E-state index contributed by atoms with van der Waals surface area (Å²) >= 11 is 0. The fourth-order valence-corrected chi connectivity index (χ4v) is 3.03. The van der Waals surface area contributed by atoms with Crippen LogP contribution in [0.3, 0.4) is 0 Å². The summed E-state index contributed by atoms with van der Waals surface area (Å²) in [5.74, 6) is 2.65. The first-order chi connectivity index (χ1) is 13.0. The molecule has 0 unspecified atom stereocenters. The Kier molecular flexibility index (Phi) is 4.32. The van der Waals surface area contributed by atoms with E-state index in [1.807, 2.05) is 13.0 Å². The fourth-order valence-electron chi connectivity index (χ4n) is 3.03. The zero-order valence-electron chi connectivity index (χ0n) is 15.5. The van der Waals surface area contributed by atoms with Crippen LogP contribution >= 0.6 is 0 Å². The summed E-state index contributed by atoms with van der Waals surface area (Å²) in [6, 6.07) is 15.2. The molecule has 2 aromatic carbocycles. The van der Waals surface area contributed by atoms with Gasteiger partial charge < -0.3 is 13.9 Å². The second-order valence-corrected chi connectivity index (χ2v) is 6.76. The Morgan fingerprint density at radius 2 is 1.85 bits per heavy atom. The molecule has 1 aromatic heterocycles. The minimum absolute atomic E-state index is 0.153. The second-order valence-electron chi connectivity index (χ2n) is 6.76. The zero-order chi connectivity index (χ0) is 19.0. The number of allylic oxidation sites excluding steroid dienone is 1. The number of hydrogen-bond acceptors (Lipinski definition) is 4. The van der Waals surface area contributed by atoms with Crippen LogP contribution in [0, 0.1) is 20.8 Å². The number of carbonyl (C=O) groups excluding carboxylic acids is 1. The molecule has 0 saturated heterocycles. The second kappa shape index (κ2) is 6.80. The van der Waals surface area contributed by atoms with Crippen LogP contribution in [0.5, 0.6) is 11.5 Å². The summed E-state index contributed by atoms with van der Waals surface area (Å²) in [6.45, 7) is 6.45. The van der Waals surface area contributed by atoms with Crippen LogP contribution in [-0.4, -0.2) is 5.78 Å². The van der Waals surface area contributed by atoms with Crippen LogP contribution in [0.4, 0.5) is 0 Å². The van der Waals surface area contributed by atoms with Crippen LogP contribution in [0.15, 0.2) is 58.7 Å². The average Bonchev–Trinajstić information content (AvgIpc) is 3.19. The molecule has 0 amide bonds. The molecule has 0 aliphatic carbocycles. The largest absolute Gasteiger partial charge is 0.489 e.